The van der Waals surface area contributed by atoms with Gasteiger partial charge in [-0.05, 0) is 44.9 Å². The SMILES string of the molecule is CCCCC/C=C\C/C=C\CCCCCCCC(=O)OC(COC(=O)CCCCCCCCCCCCCCCCCCCCCCCCCCCCCCCCCCCCCCCCCCC)COP(=O)(O)OCCN. The van der Waals surface area contributed by atoms with E-state index in [9.17, 15) is 19.0 Å². The third-order valence-corrected chi connectivity index (χ3v) is 16.3. The lowest BCUT2D eigenvalue weighted by molar-refractivity contribution is -0.161. The van der Waals surface area contributed by atoms with E-state index in [4.69, 9.17) is 24.3 Å². The fourth-order valence-electron chi connectivity index (χ4n) is 10.3. The molecule has 0 radical (unpaired) electrons. The van der Waals surface area contributed by atoms with Gasteiger partial charge in [-0.15, -0.1) is 0 Å². The van der Waals surface area contributed by atoms with Crippen LogP contribution in [0.5, 0.6) is 0 Å². The number of esters is 2. The van der Waals surface area contributed by atoms with E-state index in [1.807, 2.05) is 0 Å². The van der Waals surface area contributed by atoms with Gasteiger partial charge in [-0.25, -0.2) is 4.57 Å². The van der Waals surface area contributed by atoms with Gasteiger partial charge in [0.15, 0.2) is 6.10 Å². The van der Waals surface area contributed by atoms with Crippen LogP contribution in [-0.4, -0.2) is 49.3 Å². The molecule has 0 heterocycles. The Morgan fingerprint density at radius 1 is 0.390 bits per heavy atom. The molecule has 0 aromatic carbocycles. The number of hydrogen-bond donors (Lipinski definition) is 2. The minimum absolute atomic E-state index is 0.0529. The number of carbonyl (C=O) groups excluding carboxylic acids is 2. The maximum atomic E-state index is 12.7. The molecule has 0 aromatic rings. The zero-order chi connectivity index (χ0) is 55.9. The zero-order valence-corrected chi connectivity index (χ0v) is 52.1. The van der Waals surface area contributed by atoms with E-state index in [1.54, 1.807) is 0 Å². The first kappa shape index (κ1) is 75.5. The van der Waals surface area contributed by atoms with E-state index >= 15 is 0 Å². The van der Waals surface area contributed by atoms with E-state index in [1.165, 1.54) is 270 Å². The Balaban J connectivity index is 3.67. The summed E-state index contributed by atoms with van der Waals surface area (Å²) in [5.41, 5.74) is 5.38. The molecule has 9 nitrogen and oxygen atoms in total. The first-order valence-corrected chi connectivity index (χ1v) is 35.3. The fraction of sp³-hybridized carbons (Fsp3) is 0.910. The van der Waals surface area contributed by atoms with Gasteiger partial charge in [0.05, 0.1) is 13.2 Å². The average molecular weight is 1110 g/mol. The highest BCUT2D eigenvalue weighted by molar-refractivity contribution is 7.47. The molecule has 0 spiro atoms. The summed E-state index contributed by atoms with van der Waals surface area (Å²) in [6, 6.07) is 0. The molecule has 3 N–H and O–H groups in total. The van der Waals surface area contributed by atoms with Crippen molar-refractivity contribution in [2.45, 2.75) is 367 Å². The third-order valence-electron chi connectivity index (χ3n) is 15.3. The molecule has 10 heteroatoms. The topological polar surface area (TPSA) is 134 Å². The van der Waals surface area contributed by atoms with Crippen LogP contribution in [0.25, 0.3) is 0 Å². The van der Waals surface area contributed by atoms with Gasteiger partial charge in [0, 0.05) is 19.4 Å². The van der Waals surface area contributed by atoms with Crippen molar-refractivity contribution in [3.8, 4) is 0 Å². The number of phosphoric ester groups is 1. The van der Waals surface area contributed by atoms with Crippen LogP contribution in [0.4, 0.5) is 0 Å². The first-order chi connectivity index (χ1) is 37.8. The second-order valence-corrected chi connectivity index (χ2v) is 24.5. The molecular formula is C67H130NO8P. The summed E-state index contributed by atoms with van der Waals surface area (Å²) in [6.45, 7) is 3.75. The van der Waals surface area contributed by atoms with Gasteiger partial charge >= 0.3 is 19.8 Å². The summed E-state index contributed by atoms with van der Waals surface area (Å²) in [4.78, 5) is 35.2. The summed E-state index contributed by atoms with van der Waals surface area (Å²) in [6.07, 6.45) is 77.4. The number of unbranched alkanes of at least 4 members (excludes halogenated alkanes) is 48. The number of rotatable bonds is 65. The number of phosphoric acid groups is 1. The summed E-state index contributed by atoms with van der Waals surface area (Å²) in [5.74, 6) is -0.827. The highest BCUT2D eigenvalue weighted by Crippen LogP contribution is 2.43. The van der Waals surface area contributed by atoms with E-state index in [0.717, 1.165) is 57.8 Å². The minimum atomic E-state index is -4.39. The zero-order valence-electron chi connectivity index (χ0n) is 51.2. The lowest BCUT2D eigenvalue weighted by Gasteiger charge is -2.19. The minimum Gasteiger partial charge on any atom is -0.462 e. The number of ether oxygens (including phenoxy) is 2. The van der Waals surface area contributed by atoms with Crippen molar-refractivity contribution >= 4 is 19.8 Å². The monoisotopic (exact) mass is 1110 g/mol. The molecule has 0 aliphatic carbocycles. The fourth-order valence-corrected chi connectivity index (χ4v) is 11.1. The number of hydrogen-bond acceptors (Lipinski definition) is 8. The van der Waals surface area contributed by atoms with Gasteiger partial charge in [0.1, 0.15) is 6.61 Å². The van der Waals surface area contributed by atoms with Crippen molar-refractivity contribution in [1.29, 1.82) is 0 Å². The van der Waals surface area contributed by atoms with Gasteiger partial charge in [0.2, 0.25) is 0 Å². The van der Waals surface area contributed by atoms with Crippen LogP contribution in [0.3, 0.4) is 0 Å². The smallest absolute Gasteiger partial charge is 0.462 e. The molecule has 0 aliphatic heterocycles. The predicted octanol–water partition coefficient (Wildman–Crippen LogP) is 21.8. The maximum absolute atomic E-state index is 12.7. The van der Waals surface area contributed by atoms with E-state index in [2.05, 4.69) is 38.2 Å². The Bertz CT molecular complexity index is 1310. The summed E-state index contributed by atoms with van der Waals surface area (Å²) in [5, 5.41) is 0. The normalized spacial score (nSPS) is 13.0. The molecule has 0 aromatic heterocycles. The van der Waals surface area contributed by atoms with Gasteiger partial charge in [-0.1, -0.05) is 327 Å². The Morgan fingerprint density at radius 3 is 1.01 bits per heavy atom. The molecule has 77 heavy (non-hydrogen) atoms. The second-order valence-electron chi connectivity index (χ2n) is 23.1. The molecule has 456 valence electrons. The van der Waals surface area contributed by atoms with Gasteiger partial charge in [-0.2, -0.15) is 0 Å². The molecule has 2 unspecified atom stereocenters. The first-order valence-electron chi connectivity index (χ1n) is 33.8. The molecule has 0 bridgehead atoms. The van der Waals surface area contributed by atoms with Crippen LogP contribution >= 0.6 is 7.82 Å². The van der Waals surface area contributed by atoms with Crippen LogP contribution in [0.15, 0.2) is 24.3 Å². The maximum Gasteiger partial charge on any atom is 0.472 e. The second kappa shape index (κ2) is 63.7. The van der Waals surface area contributed by atoms with Gasteiger partial charge < -0.3 is 20.1 Å². The Hall–Kier alpha value is -1.51. The quantitative estimate of drug-likeness (QED) is 0.0264. The van der Waals surface area contributed by atoms with Crippen molar-refractivity contribution in [2.75, 3.05) is 26.4 Å². The molecule has 0 amide bonds. The molecule has 0 saturated carbocycles. The van der Waals surface area contributed by atoms with Crippen LogP contribution in [0.1, 0.15) is 361 Å². The Labute approximate surface area is 478 Å². The standard InChI is InChI=1S/C67H130NO8P/c1-3-5-7-9-11-13-15-17-19-20-21-22-23-24-25-26-27-28-29-30-31-32-33-34-35-36-37-38-39-40-41-42-43-44-46-47-49-51-53-55-57-59-66(69)73-63-65(64-75-77(71,72)74-62-61-68)76-67(70)60-58-56-54-52-50-48-45-18-16-14-12-10-8-6-4-2/h12,14,18,45,65H,3-11,13,15-17,19-44,46-64,68H2,1-2H3,(H,71,72)/b14-12-,45-18-. The van der Waals surface area contributed by atoms with E-state index in [0.29, 0.717) is 6.42 Å². The summed E-state index contributed by atoms with van der Waals surface area (Å²) < 4.78 is 33.0. The highest BCUT2D eigenvalue weighted by Gasteiger charge is 2.26. The average Bonchev–Trinajstić information content (AvgIpc) is 3.42. The van der Waals surface area contributed by atoms with Crippen molar-refractivity contribution in [2.24, 2.45) is 5.73 Å². The lowest BCUT2D eigenvalue weighted by atomic mass is 10.0. The summed E-state index contributed by atoms with van der Waals surface area (Å²) >= 11 is 0. The van der Waals surface area contributed by atoms with Crippen molar-refractivity contribution in [1.82, 2.24) is 0 Å². The van der Waals surface area contributed by atoms with Gasteiger partial charge in [-0.3, -0.25) is 18.6 Å². The number of allylic oxidation sites excluding steroid dienone is 4. The molecule has 0 aliphatic rings. The number of nitrogens with two attached hydrogens (primary N) is 1. The van der Waals surface area contributed by atoms with Crippen LogP contribution in [0, 0.1) is 0 Å². The molecular weight excluding hydrogens is 978 g/mol. The van der Waals surface area contributed by atoms with Crippen molar-refractivity contribution in [3.63, 3.8) is 0 Å². The highest BCUT2D eigenvalue weighted by atomic mass is 31.2. The predicted molar refractivity (Wildman–Crippen MR) is 331 cm³/mol. The van der Waals surface area contributed by atoms with Crippen LogP contribution in [-0.2, 0) is 32.7 Å². The Kier molecular flexibility index (Phi) is 62.4. The van der Waals surface area contributed by atoms with Crippen LogP contribution < -0.4 is 5.73 Å². The largest absolute Gasteiger partial charge is 0.472 e. The van der Waals surface area contributed by atoms with Crippen LogP contribution in [0.2, 0.25) is 0 Å². The molecule has 0 saturated heterocycles. The molecule has 0 fully saturated rings. The van der Waals surface area contributed by atoms with E-state index in [-0.39, 0.29) is 38.6 Å². The lowest BCUT2D eigenvalue weighted by Crippen LogP contribution is -2.29. The molecule has 2 atom stereocenters. The Morgan fingerprint density at radius 2 is 0.675 bits per heavy atom. The third kappa shape index (κ3) is 63.5. The van der Waals surface area contributed by atoms with Crippen molar-refractivity contribution in [3.05, 3.63) is 24.3 Å². The van der Waals surface area contributed by atoms with Gasteiger partial charge in [0.25, 0.3) is 0 Å². The molecule has 0 rings (SSSR count). The van der Waals surface area contributed by atoms with E-state index < -0.39 is 26.5 Å². The van der Waals surface area contributed by atoms with Crippen molar-refractivity contribution < 1.29 is 37.6 Å². The number of carbonyl (C=O) groups is 2. The summed E-state index contributed by atoms with van der Waals surface area (Å²) in [7, 11) is -4.39.